The minimum absolute atomic E-state index is 0.216. The van der Waals surface area contributed by atoms with Crippen molar-refractivity contribution < 1.29 is 24.2 Å². The molecule has 0 bridgehead atoms. The van der Waals surface area contributed by atoms with Crippen LogP contribution in [0.5, 0.6) is 5.75 Å². The van der Waals surface area contributed by atoms with Crippen molar-refractivity contribution in [3.8, 4) is 5.75 Å². The molecule has 0 unspecified atom stereocenters. The van der Waals surface area contributed by atoms with Crippen LogP contribution < -0.4 is 10.8 Å². The summed E-state index contributed by atoms with van der Waals surface area (Å²) in [6, 6.07) is 3.08. The standard InChI is InChI=1S/C11H15N3O5S/c12-8-3-5-13(6-4-8)20(18,19)9-1-2-11(15)10(7-9)14(16)17/h1-2,7-8,15H,3-6,12H2. The van der Waals surface area contributed by atoms with Crippen LogP contribution in [0.4, 0.5) is 5.69 Å². The van der Waals surface area contributed by atoms with E-state index < -0.39 is 26.4 Å². The number of hydrogen-bond acceptors (Lipinski definition) is 5. The lowest BCUT2D eigenvalue weighted by Crippen LogP contribution is -2.64. The lowest BCUT2D eigenvalue weighted by Gasteiger charge is -2.27. The molecule has 1 aliphatic rings. The Balaban J connectivity index is 2.35. The number of sulfonamides is 1. The summed E-state index contributed by atoms with van der Waals surface area (Å²) in [4.78, 5) is 9.62. The molecule has 1 saturated heterocycles. The smallest absolute Gasteiger partial charge is 0.263 e. The molecule has 3 N–H and O–H groups in total. The maximum Gasteiger partial charge on any atom is 0.263 e. The Bertz CT molecular complexity index is 623. The van der Waals surface area contributed by atoms with Crippen molar-refractivity contribution in [3.63, 3.8) is 0 Å². The SMILES string of the molecule is [NH3+]C1CCN(S(=O)(=O)c2ccc([O-])c([N+](=O)[O-])c2)CC1. The van der Waals surface area contributed by atoms with Gasteiger partial charge < -0.3 is 10.8 Å². The maximum absolute atomic E-state index is 12.4. The molecule has 8 nitrogen and oxygen atoms in total. The predicted octanol–water partition coefficient (Wildman–Crippen LogP) is -0.937. The molecule has 110 valence electrons. The third kappa shape index (κ3) is 2.74. The summed E-state index contributed by atoms with van der Waals surface area (Å²) in [6.07, 6.45) is 1.31. The molecule has 0 aliphatic carbocycles. The molecule has 0 atom stereocenters. The molecule has 1 aliphatic heterocycles. The topological polar surface area (TPSA) is 131 Å². The van der Waals surface area contributed by atoms with Crippen molar-refractivity contribution >= 4 is 15.7 Å². The third-order valence-corrected chi connectivity index (χ3v) is 5.23. The summed E-state index contributed by atoms with van der Waals surface area (Å²) in [5.74, 6) is -0.801. The van der Waals surface area contributed by atoms with Gasteiger partial charge in [0.05, 0.1) is 15.9 Å². The van der Waals surface area contributed by atoms with E-state index in [0.29, 0.717) is 25.9 Å². The van der Waals surface area contributed by atoms with Crippen LogP contribution in [-0.4, -0.2) is 36.8 Å². The van der Waals surface area contributed by atoms with E-state index in [1.54, 1.807) is 0 Å². The fraction of sp³-hybridized carbons (Fsp3) is 0.455. The van der Waals surface area contributed by atoms with E-state index in [2.05, 4.69) is 5.73 Å². The predicted molar refractivity (Wildman–Crippen MR) is 67.2 cm³/mol. The summed E-state index contributed by atoms with van der Waals surface area (Å²) >= 11 is 0. The van der Waals surface area contributed by atoms with E-state index in [4.69, 9.17) is 0 Å². The molecule has 9 heteroatoms. The molecule has 2 rings (SSSR count). The van der Waals surface area contributed by atoms with E-state index in [1.165, 1.54) is 4.31 Å². The first kappa shape index (κ1) is 14.7. The van der Waals surface area contributed by atoms with Gasteiger partial charge in [-0.1, -0.05) is 6.07 Å². The largest absolute Gasteiger partial charge is 0.868 e. The first-order chi connectivity index (χ1) is 9.32. The van der Waals surface area contributed by atoms with Gasteiger partial charge in [-0.2, -0.15) is 4.31 Å². The van der Waals surface area contributed by atoms with Crippen LogP contribution in [0.15, 0.2) is 23.1 Å². The Hall–Kier alpha value is -1.71. The highest BCUT2D eigenvalue weighted by Crippen LogP contribution is 2.28. The normalized spacial score (nSPS) is 18.1. The number of piperidine rings is 1. The van der Waals surface area contributed by atoms with Gasteiger partial charge >= 0.3 is 0 Å². The fourth-order valence-corrected chi connectivity index (χ4v) is 3.59. The highest BCUT2D eigenvalue weighted by Gasteiger charge is 2.30. The minimum Gasteiger partial charge on any atom is -0.868 e. The van der Waals surface area contributed by atoms with Crippen LogP contribution in [0.1, 0.15) is 12.8 Å². The molecule has 1 fully saturated rings. The molecular weight excluding hydrogens is 286 g/mol. The molecular formula is C11H15N3O5S. The molecule has 0 aromatic heterocycles. The van der Waals surface area contributed by atoms with Gasteiger partial charge in [0.15, 0.2) is 0 Å². The Kier molecular flexibility index (Phi) is 3.93. The number of quaternary nitrogens is 1. The Labute approximate surface area is 116 Å². The summed E-state index contributed by atoms with van der Waals surface area (Å²) in [5.41, 5.74) is 3.16. The number of rotatable bonds is 3. The number of benzene rings is 1. The van der Waals surface area contributed by atoms with Gasteiger partial charge in [0.1, 0.15) is 0 Å². The molecule has 1 aromatic carbocycles. The van der Waals surface area contributed by atoms with Gasteiger partial charge in [0, 0.05) is 32.0 Å². The van der Waals surface area contributed by atoms with Gasteiger partial charge in [0.25, 0.3) is 5.69 Å². The van der Waals surface area contributed by atoms with Crippen molar-refractivity contribution in [2.75, 3.05) is 13.1 Å². The van der Waals surface area contributed by atoms with E-state index in [1.807, 2.05) is 0 Å². The Morgan fingerprint density at radius 3 is 2.45 bits per heavy atom. The first-order valence-electron chi connectivity index (χ1n) is 6.11. The van der Waals surface area contributed by atoms with E-state index in [0.717, 1.165) is 18.2 Å². The van der Waals surface area contributed by atoms with Crippen molar-refractivity contribution in [1.29, 1.82) is 0 Å². The Morgan fingerprint density at radius 1 is 1.30 bits per heavy atom. The van der Waals surface area contributed by atoms with Crippen molar-refractivity contribution in [1.82, 2.24) is 4.31 Å². The number of nitro groups is 1. The van der Waals surface area contributed by atoms with Gasteiger partial charge in [-0.25, -0.2) is 8.42 Å². The number of hydrogen-bond donors (Lipinski definition) is 1. The van der Waals surface area contributed by atoms with E-state index in [9.17, 15) is 23.6 Å². The Morgan fingerprint density at radius 2 is 1.90 bits per heavy atom. The first-order valence-corrected chi connectivity index (χ1v) is 7.55. The van der Waals surface area contributed by atoms with Crippen molar-refractivity contribution in [2.45, 2.75) is 23.8 Å². The molecule has 0 saturated carbocycles. The van der Waals surface area contributed by atoms with Gasteiger partial charge in [0.2, 0.25) is 10.0 Å². The highest BCUT2D eigenvalue weighted by atomic mass is 32.2. The zero-order valence-corrected chi connectivity index (χ0v) is 11.5. The molecule has 1 heterocycles. The zero-order chi connectivity index (χ0) is 14.9. The van der Waals surface area contributed by atoms with Gasteiger partial charge in [-0.3, -0.25) is 10.1 Å². The van der Waals surface area contributed by atoms with E-state index >= 15 is 0 Å². The number of nitrogens with zero attached hydrogens (tertiary/aromatic N) is 2. The quantitative estimate of drug-likeness (QED) is 0.568. The van der Waals surface area contributed by atoms with Crippen LogP contribution in [0.3, 0.4) is 0 Å². The van der Waals surface area contributed by atoms with Crippen LogP contribution in [0.2, 0.25) is 0 Å². The molecule has 0 amide bonds. The average molecular weight is 301 g/mol. The highest BCUT2D eigenvalue weighted by molar-refractivity contribution is 7.89. The summed E-state index contributed by atoms with van der Waals surface area (Å²) < 4.78 is 26.0. The van der Waals surface area contributed by atoms with Crippen LogP contribution in [0.25, 0.3) is 0 Å². The zero-order valence-electron chi connectivity index (χ0n) is 10.7. The molecule has 0 radical (unpaired) electrons. The minimum atomic E-state index is -3.80. The lowest BCUT2D eigenvalue weighted by molar-refractivity contribution is -0.425. The molecule has 0 spiro atoms. The van der Waals surface area contributed by atoms with Crippen LogP contribution >= 0.6 is 0 Å². The summed E-state index contributed by atoms with van der Waals surface area (Å²) in [7, 11) is -3.80. The number of nitro benzene ring substituents is 1. The van der Waals surface area contributed by atoms with Crippen molar-refractivity contribution in [2.24, 2.45) is 0 Å². The van der Waals surface area contributed by atoms with Crippen molar-refractivity contribution in [3.05, 3.63) is 28.3 Å². The monoisotopic (exact) mass is 301 g/mol. The second-order valence-corrected chi connectivity index (χ2v) is 6.67. The second-order valence-electron chi connectivity index (χ2n) is 4.73. The summed E-state index contributed by atoms with van der Waals surface area (Å²) in [6.45, 7) is 0.673. The third-order valence-electron chi connectivity index (χ3n) is 3.34. The average Bonchev–Trinajstić information content (AvgIpc) is 2.39. The molecule has 20 heavy (non-hydrogen) atoms. The lowest BCUT2D eigenvalue weighted by atomic mass is 10.1. The fourth-order valence-electron chi connectivity index (χ4n) is 2.10. The van der Waals surface area contributed by atoms with E-state index in [-0.39, 0.29) is 10.9 Å². The second kappa shape index (κ2) is 5.35. The van der Waals surface area contributed by atoms with Crippen LogP contribution in [0, 0.1) is 10.1 Å². The maximum atomic E-state index is 12.4. The van der Waals surface area contributed by atoms with Gasteiger partial charge in [-0.15, -0.1) is 0 Å². The summed E-state index contributed by atoms with van der Waals surface area (Å²) in [5, 5.41) is 22.0. The van der Waals surface area contributed by atoms with Crippen LogP contribution in [-0.2, 0) is 10.0 Å². The van der Waals surface area contributed by atoms with Gasteiger partial charge in [-0.05, 0) is 11.8 Å². The molecule has 1 aromatic rings.